The molecule has 0 saturated heterocycles. The minimum absolute atomic E-state index is 0. The van der Waals surface area contributed by atoms with E-state index in [1.165, 1.54) is 44.1 Å². The second kappa shape index (κ2) is 14.4. The van der Waals surface area contributed by atoms with Crippen molar-refractivity contribution < 1.29 is 4.79 Å². The van der Waals surface area contributed by atoms with Crippen molar-refractivity contribution in [1.82, 2.24) is 0 Å². The molecular weight excluding hydrogens is 440 g/mol. The molecule has 34 heavy (non-hydrogen) atoms. The number of aliphatic imine (C=N–C) groups is 1. The fourth-order valence-electron chi connectivity index (χ4n) is 3.87. The van der Waals surface area contributed by atoms with Crippen LogP contribution in [0.15, 0.2) is 83.9 Å². The standard InChI is InChI=1S/C16H14N2O.C13H19Cl.CH4/c1-18-14-10-6-5-9-13(14)16(17-11-15(18)19)12-7-3-2-4-8-12;1-2-3-4-5-6-7-12-8-10-13(14)11-9-12;/h2-10H,11H2,1H3;8-11H,2-7H2,1H3;1H4. The molecular formula is C30H37ClN2O. The van der Waals surface area contributed by atoms with Crippen LogP contribution < -0.4 is 4.90 Å². The Bertz CT molecular complexity index is 1040. The highest BCUT2D eigenvalue weighted by molar-refractivity contribution is 6.30. The fraction of sp³-hybridized carbons (Fsp3) is 0.333. The molecule has 4 heteroatoms. The van der Waals surface area contributed by atoms with Crippen LogP contribution in [0.5, 0.6) is 0 Å². The number of anilines is 1. The van der Waals surface area contributed by atoms with Gasteiger partial charge in [-0.1, -0.05) is 112 Å². The number of benzodiazepines with no additional fused rings is 1. The van der Waals surface area contributed by atoms with Crippen LogP contribution >= 0.6 is 11.6 Å². The molecule has 3 aromatic rings. The van der Waals surface area contributed by atoms with Gasteiger partial charge in [-0.3, -0.25) is 9.79 Å². The van der Waals surface area contributed by atoms with Crippen LogP contribution in [-0.4, -0.2) is 25.2 Å². The Labute approximate surface area is 210 Å². The second-order valence-electron chi connectivity index (χ2n) is 8.29. The van der Waals surface area contributed by atoms with Crippen LogP contribution in [-0.2, 0) is 11.2 Å². The number of hydrogen-bond donors (Lipinski definition) is 0. The van der Waals surface area contributed by atoms with Gasteiger partial charge in [0.25, 0.3) is 0 Å². The first-order valence-corrected chi connectivity index (χ1v) is 12.2. The molecule has 0 unspecified atom stereocenters. The lowest BCUT2D eigenvalue weighted by molar-refractivity contribution is -0.116. The lowest BCUT2D eigenvalue weighted by Gasteiger charge is -2.17. The normalized spacial score (nSPS) is 12.5. The highest BCUT2D eigenvalue weighted by Gasteiger charge is 2.21. The number of unbranched alkanes of at least 4 members (excludes halogenated alkanes) is 4. The third-order valence-corrected chi connectivity index (χ3v) is 6.05. The summed E-state index contributed by atoms with van der Waals surface area (Å²) in [6.45, 7) is 2.44. The van der Waals surface area contributed by atoms with E-state index in [1.807, 2.05) is 66.7 Å². The Kier molecular flexibility index (Phi) is 11.6. The van der Waals surface area contributed by atoms with Crippen LogP contribution in [0.3, 0.4) is 0 Å². The van der Waals surface area contributed by atoms with E-state index in [1.54, 1.807) is 11.9 Å². The fourth-order valence-corrected chi connectivity index (χ4v) is 3.99. The summed E-state index contributed by atoms with van der Waals surface area (Å²) in [5.41, 5.74) is 5.24. The first-order chi connectivity index (χ1) is 16.1. The molecule has 3 nitrogen and oxygen atoms in total. The first-order valence-electron chi connectivity index (χ1n) is 11.8. The van der Waals surface area contributed by atoms with Gasteiger partial charge in [0.2, 0.25) is 5.91 Å². The van der Waals surface area contributed by atoms with Crippen molar-refractivity contribution in [3.63, 3.8) is 0 Å². The third-order valence-electron chi connectivity index (χ3n) is 5.80. The number of rotatable bonds is 7. The lowest BCUT2D eigenvalue weighted by Crippen LogP contribution is -2.27. The van der Waals surface area contributed by atoms with Crippen LogP contribution in [0, 0.1) is 0 Å². The monoisotopic (exact) mass is 476 g/mol. The van der Waals surface area contributed by atoms with E-state index in [4.69, 9.17) is 11.6 Å². The molecule has 0 radical (unpaired) electrons. The third kappa shape index (κ3) is 7.85. The van der Waals surface area contributed by atoms with Crippen LogP contribution in [0.1, 0.15) is 63.1 Å². The molecule has 0 spiro atoms. The molecule has 1 heterocycles. The summed E-state index contributed by atoms with van der Waals surface area (Å²) in [6, 6.07) is 26.1. The van der Waals surface area contributed by atoms with Gasteiger partial charge in [-0.25, -0.2) is 0 Å². The predicted molar refractivity (Wildman–Crippen MR) is 147 cm³/mol. The van der Waals surface area contributed by atoms with Crippen LogP contribution in [0.25, 0.3) is 0 Å². The number of nitrogens with zero attached hydrogens (tertiary/aromatic N) is 2. The molecule has 0 N–H and O–H groups in total. The number of amides is 1. The molecule has 1 aliphatic rings. The van der Waals surface area contributed by atoms with Crippen LogP contribution in [0.2, 0.25) is 5.02 Å². The number of fused-ring (bicyclic) bond motifs is 1. The number of carbonyl (C=O) groups is 1. The summed E-state index contributed by atoms with van der Waals surface area (Å²) in [4.78, 5) is 18.1. The molecule has 4 rings (SSSR count). The number of carbonyl (C=O) groups excluding carboxylic acids is 1. The minimum atomic E-state index is 0. The molecule has 1 amide bonds. The van der Waals surface area contributed by atoms with Gasteiger partial charge in [0, 0.05) is 23.2 Å². The molecule has 0 atom stereocenters. The molecule has 0 bridgehead atoms. The van der Waals surface area contributed by atoms with Gasteiger partial charge < -0.3 is 4.90 Å². The van der Waals surface area contributed by atoms with Crippen LogP contribution in [0.4, 0.5) is 5.69 Å². The van der Waals surface area contributed by atoms with Crippen molar-refractivity contribution in [1.29, 1.82) is 0 Å². The topological polar surface area (TPSA) is 32.7 Å². The average Bonchev–Trinajstić information content (AvgIpc) is 2.98. The summed E-state index contributed by atoms with van der Waals surface area (Å²) < 4.78 is 0. The zero-order valence-corrected chi connectivity index (χ0v) is 20.4. The molecule has 1 aliphatic heterocycles. The van der Waals surface area contributed by atoms with Gasteiger partial charge in [0.15, 0.2) is 0 Å². The Morgan fingerprint density at radius 1 is 0.853 bits per heavy atom. The highest BCUT2D eigenvalue weighted by Crippen LogP contribution is 2.25. The van der Waals surface area contributed by atoms with Gasteiger partial charge in [0.05, 0.1) is 11.4 Å². The van der Waals surface area contributed by atoms with Gasteiger partial charge in [-0.15, -0.1) is 0 Å². The molecule has 180 valence electrons. The van der Waals surface area contributed by atoms with E-state index in [-0.39, 0.29) is 19.9 Å². The number of benzene rings is 3. The predicted octanol–water partition coefficient (Wildman–Crippen LogP) is 7.99. The van der Waals surface area contributed by atoms with E-state index < -0.39 is 0 Å². The largest absolute Gasteiger partial charge is 0.313 e. The number of halogens is 1. The maximum absolute atomic E-state index is 12.0. The van der Waals surface area contributed by atoms with Gasteiger partial charge >= 0.3 is 0 Å². The van der Waals surface area contributed by atoms with E-state index in [0.29, 0.717) is 0 Å². The first kappa shape index (κ1) is 27.3. The average molecular weight is 477 g/mol. The minimum Gasteiger partial charge on any atom is -0.313 e. The molecule has 0 aromatic heterocycles. The quantitative estimate of drug-likeness (QED) is 0.318. The van der Waals surface area contributed by atoms with Crippen molar-refractivity contribution in [3.05, 3.63) is 101 Å². The molecule has 3 aromatic carbocycles. The Morgan fingerprint density at radius 2 is 1.50 bits per heavy atom. The number of hydrogen-bond acceptors (Lipinski definition) is 2. The molecule has 0 aliphatic carbocycles. The van der Waals surface area contributed by atoms with Crippen molar-refractivity contribution >= 4 is 28.9 Å². The van der Waals surface area contributed by atoms with Crippen molar-refractivity contribution in [3.8, 4) is 0 Å². The van der Waals surface area contributed by atoms with E-state index in [9.17, 15) is 4.79 Å². The van der Waals surface area contributed by atoms with E-state index in [2.05, 4.69) is 24.0 Å². The Morgan fingerprint density at radius 3 is 2.21 bits per heavy atom. The van der Waals surface area contributed by atoms with Crippen molar-refractivity contribution in [2.75, 3.05) is 18.5 Å². The second-order valence-corrected chi connectivity index (χ2v) is 8.73. The summed E-state index contributed by atoms with van der Waals surface area (Å²) in [6.07, 6.45) is 7.94. The van der Waals surface area contributed by atoms with E-state index in [0.717, 1.165) is 27.5 Å². The smallest absolute Gasteiger partial charge is 0.248 e. The maximum atomic E-state index is 12.0. The van der Waals surface area contributed by atoms with Crippen molar-refractivity contribution in [2.24, 2.45) is 4.99 Å². The molecule has 0 fully saturated rings. The maximum Gasteiger partial charge on any atom is 0.248 e. The summed E-state index contributed by atoms with van der Waals surface area (Å²) >= 11 is 5.81. The zero-order chi connectivity index (χ0) is 23.5. The summed E-state index contributed by atoms with van der Waals surface area (Å²) in [5.74, 6) is 0.0124. The number of likely N-dealkylation sites (N-methyl/N-ethyl adjacent to an activating group) is 1. The summed E-state index contributed by atoms with van der Waals surface area (Å²) in [5, 5.41) is 0.833. The Hall–Kier alpha value is -2.91. The lowest BCUT2D eigenvalue weighted by atomic mass is 10.0. The number of para-hydroxylation sites is 1. The zero-order valence-electron chi connectivity index (χ0n) is 19.6. The highest BCUT2D eigenvalue weighted by atomic mass is 35.5. The van der Waals surface area contributed by atoms with Gasteiger partial charge in [-0.2, -0.15) is 0 Å². The SMILES string of the molecule is C.CCCCCCCc1ccc(Cl)cc1.CN1C(=O)CN=C(c2ccccc2)c2ccccc21. The number of aryl methyl sites for hydroxylation is 1. The Balaban J connectivity index is 0.000000245. The van der Waals surface area contributed by atoms with Gasteiger partial charge in [0.1, 0.15) is 6.54 Å². The van der Waals surface area contributed by atoms with Gasteiger partial charge in [-0.05, 0) is 36.6 Å². The van der Waals surface area contributed by atoms with Crippen molar-refractivity contribution in [2.45, 2.75) is 52.9 Å². The molecule has 0 saturated carbocycles. The summed E-state index contributed by atoms with van der Waals surface area (Å²) in [7, 11) is 1.80. The van der Waals surface area contributed by atoms with E-state index >= 15 is 0 Å².